The van der Waals surface area contributed by atoms with Crippen molar-refractivity contribution in [2.75, 3.05) is 26.0 Å². The van der Waals surface area contributed by atoms with Crippen molar-refractivity contribution in [3.05, 3.63) is 77.5 Å². The highest BCUT2D eigenvalue weighted by molar-refractivity contribution is 7.89. The van der Waals surface area contributed by atoms with Crippen molar-refractivity contribution in [3.8, 4) is 0 Å². The normalized spacial score (nSPS) is 15.3. The van der Waals surface area contributed by atoms with Crippen molar-refractivity contribution in [3.63, 3.8) is 0 Å². The van der Waals surface area contributed by atoms with Crippen LogP contribution >= 0.6 is 0 Å². The Bertz CT molecular complexity index is 1290. The summed E-state index contributed by atoms with van der Waals surface area (Å²) in [4.78, 5) is 14.9. The van der Waals surface area contributed by atoms with Crippen LogP contribution in [0.1, 0.15) is 15.9 Å². The number of Topliss-reactive ketones (excluding diaryl/α,β-unsaturated/α-hetero) is 1. The molecule has 0 saturated heterocycles. The molecule has 7 heteroatoms. The number of fused-ring (bicyclic) bond motifs is 2. The predicted octanol–water partition coefficient (Wildman–Crippen LogP) is 3.65. The topological polar surface area (TPSA) is 77.9 Å². The van der Waals surface area contributed by atoms with Gasteiger partial charge in [-0.05, 0) is 35.0 Å². The molecule has 0 radical (unpaired) electrons. The summed E-state index contributed by atoms with van der Waals surface area (Å²) in [6, 6.07) is 17.4. The van der Waals surface area contributed by atoms with E-state index in [4.69, 9.17) is 0 Å². The van der Waals surface area contributed by atoms with Crippen molar-refractivity contribution >= 4 is 38.0 Å². The molecule has 1 heterocycles. The molecule has 6 nitrogen and oxygen atoms in total. The number of ketones is 1. The number of carbonyl (C=O) groups excluding carboxylic acids is 1. The lowest BCUT2D eigenvalue weighted by Gasteiger charge is -2.29. The summed E-state index contributed by atoms with van der Waals surface area (Å²) in [5, 5.41) is 12.7. The minimum Gasteiger partial charge on any atom is -0.505 e. The van der Waals surface area contributed by atoms with E-state index >= 15 is 0 Å². The molecule has 0 aliphatic carbocycles. The number of aliphatic hydroxyl groups excluding tert-OH is 1. The van der Waals surface area contributed by atoms with E-state index in [1.54, 1.807) is 43.3 Å². The minimum atomic E-state index is -3.99. The Morgan fingerprint density at radius 3 is 2.34 bits per heavy atom. The fourth-order valence-electron chi connectivity index (χ4n) is 3.46. The van der Waals surface area contributed by atoms with Gasteiger partial charge in [-0.15, -0.1) is 0 Å². The molecule has 1 aliphatic rings. The minimum absolute atomic E-state index is 0.0289. The Morgan fingerprint density at radius 1 is 0.966 bits per heavy atom. The number of likely N-dealkylation sites (N-methyl/N-ethyl adjacent to an activating group) is 1. The van der Waals surface area contributed by atoms with Gasteiger partial charge in [-0.1, -0.05) is 36.4 Å². The molecule has 1 N–H and O–H groups in total. The lowest BCUT2D eigenvalue weighted by Crippen LogP contribution is -2.35. The number of aliphatic hydroxyl groups is 1. The number of carbonyl (C=O) groups is 1. The molecule has 0 aromatic heterocycles. The third kappa shape index (κ3) is 2.94. The van der Waals surface area contributed by atoms with Crippen molar-refractivity contribution in [2.45, 2.75) is 4.90 Å². The standard InChI is InChI=1S/C22H20N2O4S/c1-23(2)17-10-11-18-19(13-17)29(27,28)24(3)20(22(18)26)21(25)16-9-8-14-6-4-5-7-15(14)12-16/h4-13,26H,1-3H3. The van der Waals surface area contributed by atoms with Crippen LogP contribution in [0.2, 0.25) is 0 Å². The monoisotopic (exact) mass is 408 g/mol. The molecule has 0 amide bonds. The largest absolute Gasteiger partial charge is 0.505 e. The number of rotatable bonds is 3. The summed E-state index contributed by atoms with van der Waals surface area (Å²) in [6.07, 6.45) is 0. The van der Waals surface area contributed by atoms with Crippen LogP contribution in [0.25, 0.3) is 16.5 Å². The fourth-order valence-corrected chi connectivity index (χ4v) is 4.88. The number of nitrogens with zero attached hydrogens (tertiary/aromatic N) is 2. The maximum atomic E-state index is 13.2. The summed E-state index contributed by atoms with van der Waals surface area (Å²) in [6.45, 7) is 0. The second kappa shape index (κ2) is 6.63. The summed E-state index contributed by atoms with van der Waals surface area (Å²) in [5.74, 6) is -0.901. The molecular weight excluding hydrogens is 388 g/mol. The Kier molecular flexibility index (Phi) is 4.35. The average Bonchev–Trinajstić information content (AvgIpc) is 2.71. The van der Waals surface area contributed by atoms with Gasteiger partial charge in [-0.25, -0.2) is 8.42 Å². The molecule has 29 heavy (non-hydrogen) atoms. The molecule has 0 saturated carbocycles. The first-order chi connectivity index (χ1) is 13.7. The van der Waals surface area contributed by atoms with Crippen molar-refractivity contribution in [2.24, 2.45) is 0 Å². The smallest absolute Gasteiger partial charge is 0.265 e. The van der Waals surface area contributed by atoms with Gasteiger partial charge in [-0.2, -0.15) is 0 Å². The Balaban J connectivity index is 1.89. The van der Waals surface area contributed by atoms with Gasteiger partial charge in [0.2, 0.25) is 5.78 Å². The molecule has 1 aliphatic heterocycles. The number of sulfonamides is 1. The number of allylic oxidation sites excluding steroid dienone is 1. The molecule has 0 bridgehead atoms. The zero-order chi connectivity index (χ0) is 20.9. The second-order valence-corrected chi connectivity index (χ2v) is 9.07. The molecule has 0 atom stereocenters. The highest BCUT2D eigenvalue weighted by Crippen LogP contribution is 2.37. The van der Waals surface area contributed by atoms with E-state index in [2.05, 4.69) is 0 Å². The first-order valence-electron chi connectivity index (χ1n) is 8.99. The Hall–Kier alpha value is -3.32. The Morgan fingerprint density at radius 2 is 1.66 bits per heavy atom. The van der Waals surface area contributed by atoms with Gasteiger partial charge in [-0.3, -0.25) is 9.10 Å². The molecule has 148 valence electrons. The second-order valence-electron chi connectivity index (χ2n) is 7.14. The zero-order valence-corrected chi connectivity index (χ0v) is 17.1. The summed E-state index contributed by atoms with van der Waals surface area (Å²) < 4.78 is 27.0. The number of hydrogen-bond acceptors (Lipinski definition) is 5. The van der Waals surface area contributed by atoms with Crippen LogP contribution < -0.4 is 4.90 Å². The van der Waals surface area contributed by atoms with Gasteiger partial charge >= 0.3 is 0 Å². The summed E-state index contributed by atoms with van der Waals surface area (Å²) in [5.41, 5.74) is 0.849. The third-order valence-electron chi connectivity index (χ3n) is 5.14. The quantitative estimate of drug-likeness (QED) is 0.670. The van der Waals surface area contributed by atoms with E-state index in [-0.39, 0.29) is 21.9 Å². The van der Waals surface area contributed by atoms with Gasteiger partial charge < -0.3 is 10.0 Å². The van der Waals surface area contributed by atoms with Crippen LogP contribution in [0.4, 0.5) is 5.69 Å². The average molecular weight is 408 g/mol. The lowest BCUT2D eigenvalue weighted by molar-refractivity contribution is 0.101. The molecule has 0 spiro atoms. The van der Waals surface area contributed by atoms with Gasteiger partial charge in [0.1, 0.15) is 10.6 Å². The maximum Gasteiger partial charge on any atom is 0.265 e. The number of benzene rings is 3. The van der Waals surface area contributed by atoms with E-state index in [1.165, 1.54) is 19.2 Å². The predicted molar refractivity (Wildman–Crippen MR) is 114 cm³/mol. The molecule has 3 aromatic rings. The van der Waals surface area contributed by atoms with Crippen LogP contribution in [0, 0.1) is 0 Å². The Labute approximate surface area is 169 Å². The number of anilines is 1. The van der Waals surface area contributed by atoms with E-state index in [0.29, 0.717) is 11.3 Å². The van der Waals surface area contributed by atoms with Crippen LogP contribution in [0.3, 0.4) is 0 Å². The van der Waals surface area contributed by atoms with Crippen LogP contribution in [0.5, 0.6) is 0 Å². The summed E-state index contributed by atoms with van der Waals surface area (Å²) >= 11 is 0. The summed E-state index contributed by atoms with van der Waals surface area (Å²) in [7, 11) is 0.890. The van der Waals surface area contributed by atoms with Crippen molar-refractivity contribution in [1.29, 1.82) is 0 Å². The first kappa shape index (κ1) is 19.0. The van der Waals surface area contributed by atoms with Crippen molar-refractivity contribution < 1.29 is 18.3 Å². The first-order valence-corrected chi connectivity index (χ1v) is 10.4. The van der Waals surface area contributed by atoms with Gasteiger partial charge in [0.05, 0.1) is 0 Å². The van der Waals surface area contributed by atoms with E-state index in [1.807, 2.05) is 24.3 Å². The van der Waals surface area contributed by atoms with Crippen molar-refractivity contribution in [1.82, 2.24) is 4.31 Å². The molecule has 0 unspecified atom stereocenters. The van der Waals surface area contributed by atoms with E-state index in [9.17, 15) is 18.3 Å². The lowest BCUT2D eigenvalue weighted by atomic mass is 10.0. The van der Waals surface area contributed by atoms with Gasteiger partial charge in [0, 0.05) is 38.0 Å². The van der Waals surface area contributed by atoms with Crippen LogP contribution in [-0.4, -0.2) is 44.8 Å². The third-order valence-corrected chi connectivity index (χ3v) is 6.94. The number of hydrogen-bond donors (Lipinski definition) is 1. The molecule has 3 aromatic carbocycles. The highest BCUT2D eigenvalue weighted by atomic mass is 32.2. The fraction of sp³-hybridized carbons (Fsp3) is 0.136. The molecular formula is C22H20N2O4S. The zero-order valence-electron chi connectivity index (χ0n) is 16.2. The SMILES string of the molecule is CN(C)c1ccc2c(c1)S(=O)(=O)N(C)C(C(=O)c1ccc3ccccc3c1)=C2O. The van der Waals surface area contributed by atoms with Gasteiger partial charge in [0.25, 0.3) is 10.0 Å². The molecule has 4 rings (SSSR count). The van der Waals surface area contributed by atoms with E-state index < -0.39 is 15.8 Å². The van der Waals surface area contributed by atoms with E-state index in [0.717, 1.165) is 15.1 Å². The van der Waals surface area contributed by atoms with Gasteiger partial charge in [0.15, 0.2) is 5.76 Å². The van der Waals surface area contributed by atoms with Crippen LogP contribution in [-0.2, 0) is 10.0 Å². The maximum absolute atomic E-state index is 13.2. The molecule has 0 fully saturated rings. The van der Waals surface area contributed by atoms with Crippen LogP contribution in [0.15, 0.2) is 71.3 Å². The highest BCUT2D eigenvalue weighted by Gasteiger charge is 2.38.